The number of amides is 1. The summed E-state index contributed by atoms with van der Waals surface area (Å²) in [4.78, 5) is 27.4. The van der Waals surface area contributed by atoms with Crippen molar-refractivity contribution in [3.8, 4) is 5.75 Å². The number of hydrogen-bond acceptors (Lipinski definition) is 5. The van der Waals surface area contributed by atoms with Crippen LogP contribution in [0.1, 0.15) is 37.9 Å². The molecule has 160 valence electrons. The summed E-state index contributed by atoms with van der Waals surface area (Å²) in [6.07, 6.45) is 0. The minimum absolute atomic E-state index is 0.125. The number of cyclic esters (lactones) is 1. The number of nitrogens with zero attached hydrogens (tertiary/aromatic N) is 1. The summed E-state index contributed by atoms with van der Waals surface area (Å²) in [5.74, 6) is -0.0464. The molecule has 30 heavy (non-hydrogen) atoms. The van der Waals surface area contributed by atoms with Gasteiger partial charge in [-0.1, -0.05) is 46.3 Å². The van der Waals surface area contributed by atoms with E-state index in [4.69, 9.17) is 9.47 Å². The number of carbonyl (C=O) groups is 2. The van der Waals surface area contributed by atoms with Crippen molar-refractivity contribution in [1.82, 2.24) is 10.2 Å². The summed E-state index contributed by atoms with van der Waals surface area (Å²) >= 11 is 3.51. The predicted molar refractivity (Wildman–Crippen MR) is 118 cm³/mol. The third-order valence-electron chi connectivity index (χ3n) is 4.59. The van der Waals surface area contributed by atoms with E-state index in [-0.39, 0.29) is 19.1 Å². The zero-order chi connectivity index (χ0) is 21.7. The Hall–Kier alpha value is -2.38. The number of para-hydroxylation sites is 1. The third kappa shape index (κ3) is 6.06. The van der Waals surface area contributed by atoms with Gasteiger partial charge in [0.2, 0.25) is 5.91 Å². The van der Waals surface area contributed by atoms with Crippen LogP contribution in [0.4, 0.5) is 0 Å². The third-order valence-corrected chi connectivity index (χ3v) is 5.08. The van der Waals surface area contributed by atoms with Gasteiger partial charge in [-0.25, -0.2) is 4.79 Å². The van der Waals surface area contributed by atoms with Crippen LogP contribution in [0.3, 0.4) is 0 Å². The van der Waals surface area contributed by atoms with E-state index < -0.39 is 17.6 Å². The summed E-state index contributed by atoms with van der Waals surface area (Å²) in [5, 5.41) is 3.10. The van der Waals surface area contributed by atoms with Crippen LogP contribution in [0.25, 0.3) is 0 Å². The standard InChI is InChI=1S/C23H27BrN2O4/c1-23(2,3)25-22(28)21-18-9-4-5-10-19(18)30-15-20(27)29-12-11-26(21)14-16-7-6-8-17(24)13-16/h4-10,13,21H,11-12,14-15H2,1-3H3,(H,25,28). The molecule has 0 aliphatic carbocycles. The minimum atomic E-state index is -0.601. The molecule has 0 bridgehead atoms. The van der Waals surface area contributed by atoms with Gasteiger partial charge in [-0.3, -0.25) is 9.69 Å². The van der Waals surface area contributed by atoms with E-state index in [0.717, 1.165) is 15.6 Å². The summed E-state index contributed by atoms with van der Waals surface area (Å²) in [7, 11) is 0. The van der Waals surface area contributed by atoms with Crippen molar-refractivity contribution in [1.29, 1.82) is 0 Å². The fraction of sp³-hybridized carbons (Fsp3) is 0.391. The van der Waals surface area contributed by atoms with Crippen LogP contribution in [0.15, 0.2) is 53.0 Å². The van der Waals surface area contributed by atoms with Gasteiger partial charge in [0.05, 0.1) is 0 Å². The molecule has 6 nitrogen and oxygen atoms in total. The lowest BCUT2D eigenvalue weighted by Gasteiger charge is -2.34. The summed E-state index contributed by atoms with van der Waals surface area (Å²) in [5.41, 5.74) is 1.37. The molecular weight excluding hydrogens is 448 g/mol. The van der Waals surface area contributed by atoms with Crippen molar-refractivity contribution in [2.75, 3.05) is 19.8 Å². The molecule has 1 atom stereocenters. The van der Waals surface area contributed by atoms with Crippen LogP contribution in [0.5, 0.6) is 5.75 Å². The molecule has 0 saturated carbocycles. The van der Waals surface area contributed by atoms with E-state index in [9.17, 15) is 9.59 Å². The van der Waals surface area contributed by atoms with E-state index in [0.29, 0.717) is 18.8 Å². The van der Waals surface area contributed by atoms with Crippen molar-refractivity contribution in [3.63, 3.8) is 0 Å². The Balaban J connectivity index is 2.04. The normalized spacial score (nSPS) is 18.0. The molecule has 0 fully saturated rings. The highest BCUT2D eigenvalue weighted by molar-refractivity contribution is 9.10. The fourth-order valence-corrected chi connectivity index (χ4v) is 3.85. The molecular formula is C23H27BrN2O4. The average Bonchev–Trinajstić information content (AvgIpc) is 2.65. The quantitative estimate of drug-likeness (QED) is 0.684. The van der Waals surface area contributed by atoms with Crippen molar-refractivity contribution in [2.24, 2.45) is 0 Å². The number of hydrogen-bond donors (Lipinski definition) is 1. The number of fused-ring (bicyclic) bond motifs is 1. The fourth-order valence-electron chi connectivity index (χ4n) is 3.40. The van der Waals surface area contributed by atoms with Gasteiger partial charge in [0.15, 0.2) is 6.61 Å². The lowest BCUT2D eigenvalue weighted by molar-refractivity contribution is -0.147. The number of halogens is 1. The van der Waals surface area contributed by atoms with Gasteiger partial charge in [-0.05, 0) is 44.5 Å². The molecule has 7 heteroatoms. The second-order valence-electron chi connectivity index (χ2n) is 8.29. The molecule has 3 rings (SSSR count). The van der Waals surface area contributed by atoms with Gasteiger partial charge in [-0.2, -0.15) is 0 Å². The predicted octanol–water partition coefficient (Wildman–Crippen LogP) is 3.84. The minimum Gasteiger partial charge on any atom is -0.482 e. The number of rotatable bonds is 3. The van der Waals surface area contributed by atoms with Crippen molar-refractivity contribution in [3.05, 3.63) is 64.1 Å². The first-order chi connectivity index (χ1) is 14.2. The van der Waals surface area contributed by atoms with Crippen molar-refractivity contribution in [2.45, 2.75) is 38.9 Å². The van der Waals surface area contributed by atoms with Crippen LogP contribution < -0.4 is 10.1 Å². The van der Waals surface area contributed by atoms with E-state index in [1.54, 1.807) is 6.07 Å². The Morgan fingerprint density at radius 2 is 1.93 bits per heavy atom. The SMILES string of the molecule is CC(C)(C)NC(=O)C1c2ccccc2OCC(=O)OCCN1Cc1cccc(Br)c1. The first kappa shape index (κ1) is 22.3. The molecule has 1 aliphatic heterocycles. The maximum absolute atomic E-state index is 13.4. The summed E-state index contributed by atoms with van der Waals surface area (Å²) in [6.45, 7) is 6.77. The van der Waals surface area contributed by atoms with Gasteiger partial charge in [0.1, 0.15) is 18.4 Å². The highest BCUT2D eigenvalue weighted by Gasteiger charge is 2.33. The van der Waals surface area contributed by atoms with E-state index in [1.165, 1.54) is 0 Å². The molecule has 0 radical (unpaired) electrons. The van der Waals surface area contributed by atoms with Crippen molar-refractivity contribution >= 4 is 27.8 Å². The molecule has 2 aromatic rings. The second kappa shape index (κ2) is 9.62. The smallest absolute Gasteiger partial charge is 0.344 e. The first-order valence-electron chi connectivity index (χ1n) is 9.91. The van der Waals surface area contributed by atoms with Gasteiger partial charge < -0.3 is 14.8 Å². The van der Waals surface area contributed by atoms with Crippen LogP contribution in [-0.4, -0.2) is 42.1 Å². The van der Waals surface area contributed by atoms with Crippen LogP contribution in [0.2, 0.25) is 0 Å². The molecule has 1 N–H and O–H groups in total. The zero-order valence-corrected chi connectivity index (χ0v) is 19.1. The zero-order valence-electron chi connectivity index (χ0n) is 17.5. The lowest BCUT2D eigenvalue weighted by atomic mass is 10.00. The van der Waals surface area contributed by atoms with Crippen LogP contribution in [-0.2, 0) is 20.9 Å². The Labute approximate surface area is 185 Å². The van der Waals surface area contributed by atoms with E-state index in [2.05, 4.69) is 21.2 Å². The maximum atomic E-state index is 13.4. The lowest BCUT2D eigenvalue weighted by Crippen LogP contribution is -2.48. The Morgan fingerprint density at radius 3 is 2.67 bits per heavy atom. The largest absolute Gasteiger partial charge is 0.482 e. The van der Waals surface area contributed by atoms with E-state index in [1.807, 2.05) is 68.1 Å². The number of esters is 1. The second-order valence-corrected chi connectivity index (χ2v) is 9.20. The van der Waals surface area contributed by atoms with Gasteiger partial charge in [0.25, 0.3) is 0 Å². The number of nitrogens with one attached hydrogen (secondary N) is 1. The van der Waals surface area contributed by atoms with Crippen LogP contribution in [0, 0.1) is 0 Å². The topological polar surface area (TPSA) is 67.9 Å². The van der Waals surface area contributed by atoms with Crippen molar-refractivity contribution < 1.29 is 19.1 Å². The molecule has 1 amide bonds. The number of benzene rings is 2. The Bertz CT molecular complexity index is 910. The van der Waals surface area contributed by atoms with Crippen LogP contribution >= 0.6 is 15.9 Å². The number of carbonyl (C=O) groups excluding carboxylic acids is 2. The highest BCUT2D eigenvalue weighted by atomic mass is 79.9. The monoisotopic (exact) mass is 474 g/mol. The molecule has 0 aromatic heterocycles. The van der Waals surface area contributed by atoms with Gasteiger partial charge >= 0.3 is 5.97 Å². The molecule has 1 aliphatic rings. The molecule has 1 unspecified atom stereocenters. The molecule has 0 spiro atoms. The van der Waals surface area contributed by atoms with Gasteiger partial charge in [-0.15, -0.1) is 0 Å². The average molecular weight is 475 g/mol. The molecule has 0 saturated heterocycles. The molecule has 2 aromatic carbocycles. The summed E-state index contributed by atoms with van der Waals surface area (Å²) < 4.78 is 12.0. The molecule has 1 heterocycles. The van der Waals surface area contributed by atoms with E-state index >= 15 is 0 Å². The maximum Gasteiger partial charge on any atom is 0.344 e. The number of ether oxygens (including phenoxy) is 2. The Morgan fingerprint density at radius 1 is 1.17 bits per heavy atom. The van der Waals surface area contributed by atoms with Gasteiger partial charge in [0, 0.05) is 28.7 Å². The first-order valence-corrected chi connectivity index (χ1v) is 10.7. The Kier molecular flexibility index (Phi) is 7.15. The summed E-state index contributed by atoms with van der Waals surface area (Å²) in [6, 6.07) is 14.7. The highest BCUT2D eigenvalue weighted by Crippen LogP contribution is 2.32.